The van der Waals surface area contributed by atoms with Crippen molar-refractivity contribution in [2.45, 2.75) is 32.7 Å². The third-order valence-corrected chi connectivity index (χ3v) is 5.75. The van der Waals surface area contributed by atoms with Crippen LogP contribution in [-0.4, -0.2) is 18.7 Å². The molecule has 4 atom stereocenters. The number of amidine groups is 1. The Morgan fingerprint density at radius 1 is 1.20 bits per heavy atom. The quantitative estimate of drug-likeness (QED) is 0.847. The molecule has 3 nitrogen and oxygen atoms in total. The summed E-state index contributed by atoms with van der Waals surface area (Å²) in [5.74, 6) is 2.26. The normalized spacial score (nSPS) is 37.0. The maximum absolute atomic E-state index is 5.83. The summed E-state index contributed by atoms with van der Waals surface area (Å²) >= 11 is 0. The summed E-state index contributed by atoms with van der Waals surface area (Å²) in [6, 6.07) is 11.3. The van der Waals surface area contributed by atoms with E-state index in [9.17, 15) is 0 Å². The van der Waals surface area contributed by atoms with Crippen LogP contribution in [0.1, 0.15) is 26.7 Å². The summed E-state index contributed by atoms with van der Waals surface area (Å²) < 4.78 is 5.83. The van der Waals surface area contributed by atoms with Crippen LogP contribution in [0, 0.1) is 23.2 Å². The van der Waals surface area contributed by atoms with E-state index in [1.165, 1.54) is 12.8 Å². The predicted molar refractivity (Wildman–Crippen MR) is 80.7 cm³/mol. The number of rotatable bonds is 1. The Bertz CT molecular complexity index is 537. The first-order chi connectivity index (χ1) is 9.64. The number of hydrogen-bond acceptors (Lipinski definition) is 3. The monoisotopic (exact) mass is 270 g/mol. The number of ether oxygens (including phenoxy) is 1. The number of nitrogens with zero attached hydrogens (tertiary/aromatic N) is 1. The molecular formula is C17H22N2O. The summed E-state index contributed by atoms with van der Waals surface area (Å²) in [6.07, 6.45) is 2.65. The third kappa shape index (κ3) is 1.75. The van der Waals surface area contributed by atoms with E-state index in [1.54, 1.807) is 0 Å². The number of para-hydroxylation sites is 1. The third-order valence-electron chi connectivity index (χ3n) is 5.75. The largest absolute Gasteiger partial charge is 0.465 e. The van der Waals surface area contributed by atoms with Gasteiger partial charge in [-0.25, -0.2) is 4.99 Å². The molecule has 20 heavy (non-hydrogen) atoms. The van der Waals surface area contributed by atoms with E-state index in [0.717, 1.165) is 24.1 Å². The zero-order valence-corrected chi connectivity index (χ0v) is 12.2. The van der Waals surface area contributed by atoms with Crippen molar-refractivity contribution in [3.63, 3.8) is 0 Å². The standard InChI is InChI=1S/C17H22N2O/c1-17(2)12-8-11-10-20-16(19-15(11)14(17)9-12)18-13-6-4-3-5-7-13/h3-7,11-12,14-15H,8-10H2,1-2H3,(H,18,19)/t11-,12-,14-,15-/m0/s1. The van der Waals surface area contributed by atoms with E-state index < -0.39 is 0 Å². The van der Waals surface area contributed by atoms with E-state index >= 15 is 0 Å². The molecule has 0 amide bonds. The minimum absolute atomic E-state index is 0.454. The highest BCUT2D eigenvalue weighted by Crippen LogP contribution is 2.61. The molecule has 1 aromatic carbocycles. The molecule has 2 bridgehead atoms. The van der Waals surface area contributed by atoms with Crippen molar-refractivity contribution in [3.8, 4) is 0 Å². The van der Waals surface area contributed by atoms with Crippen LogP contribution >= 0.6 is 0 Å². The Morgan fingerprint density at radius 3 is 2.75 bits per heavy atom. The minimum atomic E-state index is 0.454. The molecule has 0 radical (unpaired) electrons. The first-order valence-electron chi connectivity index (χ1n) is 7.67. The fourth-order valence-electron chi connectivity index (χ4n) is 4.30. The molecule has 1 heterocycles. The molecule has 5 rings (SSSR count). The van der Waals surface area contributed by atoms with Crippen molar-refractivity contribution >= 4 is 11.7 Å². The van der Waals surface area contributed by atoms with Crippen molar-refractivity contribution < 1.29 is 4.74 Å². The number of hydrogen-bond donors (Lipinski definition) is 1. The van der Waals surface area contributed by atoms with Crippen LogP contribution in [0.15, 0.2) is 35.3 Å². The van der Waals surface area contributed by atoms with E-state index in [1.807, 2.05) is 30.3 Å². The molecule has 3 aliphatic carbocycles. The molecule has 0 unspecified atom stereocenters. The van der Waals surface area contributed by atoms with Gasteiger partial charge in [0.2, 0.25) is 0 Å². The van der Waals surface area contributed by atoms with Crippen molar-refractivity contribution in [1.29, 1.82) is 0 Å². The van der Waals surface area contributed by atoms with Gasteiger partial charge in [0.05, 0.1) is 12.6 Å². The highest BCUT2D eigenvalue weighted by Gasteiger charge is 2.58. The van der Waals surface area contributed by atoms with Crippen molar-refractivity contribution in [3.05, 3.63) is 30.3 Å². The Morgan fingerprint density at radius 2 is 2.00 bits per heavy atom. The molecule has 106 valence electrons. The molecular weight excluding hydrogens is 248 g/mol. The van der Waals surface area contributed by atoms with Gasteiger partial charge in [0.1, 0.15) is 0 Å². The lowest BCUT2D eigenvalue weighted by Crippen LogP contribution is -2.60. The second kappa shape index (κ2) is 4.24. The van der Waals surface area contributed by atoms with Gasteiger partial charge < -0.3 is 10.1 Å². The smallest absolute Gasteiger partial charge is 0.289 e. The second-order valence-corrected chi connectivity index (χ2v) is 7.08. The first-order valence-corrected chi connectivity index (χ1v) is 7.67. The van der Waals surface area contributed by atoms with Crippen LogP contribution in [0.5, 0.6) is 0 Å². The molecule has 3 fully saturated rings. The summed E-state index contributed by atoms with van der Waals surface area (Å²) in [5.41, 5.74) is 1.52. The predicted octanol–water partition coefficient (Wildman–Crippen LogP) is 3.54. The molecule has 3 heteroatoms. The van der Waals surface area contributed by atoms with Gasteiger partial charge in [-0.05, 0) is 42.2 Å². The average Bonchev–Trinajstić information content (AvgIpc) is 2.47. The fraction of sp³-hybridized carbons (Fsp3) is 0.588. The second-order valence-electron chi connectivity index (χ2n) is 7.08. The summed E-state index contributed by atoms with van der Waals surface area (Å²) in [4.78, 5) is 4.90. The number of aliphatic imine (C=N–C) groups is 1. The van der Waals surface area contributed by atoms with Gasteiger partial charge in [-0.3, -0.25) is 0 Å². The van der Waals surface area contributed by atoms with Crippen LogP contribution in [0.25, 0.3) is 0 Å². The molecule has 1 aliphatic heterocycles. The van der Waals surface area contributed by atoms with Gasteiger partial charge in [0, 0.05) is 11.6 Å². The first kappa shape index (κ1) is 12.2. The summed E-state index contributed by atoms with van der Waals surface area (Å²) in [7, 11) is 0. The highest BCUT2D eigenvalue weighted by molar-refractivity contribution is 5.89. The zero-order valence-electron chi connectivity index (χ0n) is 12.2. The lowest BCUT2D eigenvalue weighted by molar-refractivity contribution is -0.116. The van der Waals surface area contributed by atoms with E-state index in [2.05, 4.69) is 19.2 Å². The minimum Gasteiger partial charge on any atom is -0.465 e. The molecule has 0 aromatic heterocycles. The average molecular weight is 270 g/mol. The van der Waals surface area contributed by atoms with Gasteiger partial charge in [-0.15, -0.1) is 0 Å². The van der Waals surface area contributed by atoms with Gasteiger partial charge in [0.15, 0.2) is 0 Å². The Hall–Kier alpha value is -1.51. The number of benzene rings is 1. The molecule has 0 saturated heterocycles. The molecule has 4 aliphatic rings. The van der Waals surface area contributed by atoms with Gasteiger partial charge in [-0.2, -0.15) is 0 Å². The van der Waals surface area contributed by atoms with Crippen LogP contribution in [0.2, 0.25) is 0 Å². The summed E-state index contributed by atoms with van der Waals surface area (Å²) in [5, 5.41) is 3.31. The van der Waals surface area contributed by atoms with Crippen LogP contribution < -0.4 is 5.32 Å². The van der Waals surface area contributed by atoms with Gasteiger partial charge >= 0.3 is 0 Å². The van der Waals surface area contributed by atoms with Crippen LogP contribution in [0.3, 0.4) is 0 Å². The Kier molecular flexibility index (Phi) is 2.60. The molecule has 3 saturated carbocycles. The number of nitrogens with one attached hydrogen (secondary N) is 1. The fourth-order valence-corrected chi connectivity index (χ4v) is 4.30. The topological polar surface area (TPSA) is 33.6 Å². The van der Waals surface area contributed by atoms with Crippen LogP contribution in [0.4, 0.5) is 5.69 Å². The van der Waals surface area contributed by atoms with Crippen molar-refractivity contribution in [2.75, 3.05) is 11.9 Å². The highest BCUT2D eigenvalue weighted by atomic mass is 16.5. The summed E-state index contributed by atoms with van der Waals surface area (Å²) in [6.45, 7) is 5.65. The SMILES string of the molecule is CC1(C)[C@H]2C[C@H]3COC(Nc4ccccc4)=N[C@@H]3[C@@H]1C2. The van der Waals surface area contributed by atoms with E-state index in [-0.39, 0.29) is 0 Å². The Balaban J connectivity index is 1.55. The molecule has 0 spiro atoms. The van der Waals surface area contributed by atoms with E-state index in [4.69, 9.17) is 9.73 Å². The lowest BCUT2D eigenvalue weighted by Gasteiger charge is -2.62. The number of anilines is 1. The maximum atomic E-state index is 5.83. The molecule has 1 N–H and O–H groups in total. The maximum Gasteiger partial charge on any atom is 0.289 e. The molecule has 1 aromatic rings. The van der Waals surface area contributed by atoms with Crippen molar-refractivity contribution in [2.24, 2.45) is 28.2 Å². The van der Waals surface area contributed by atoms with Crippen molar-refractivity contribution in [1.82, 2.24) is 0 Å². The lowest BCUT2D eigenvalue weighted by atomic mass is 9.45. The zero-order chi connectivity index (χ0) is 13.7. The van der Waals surface area contributed by atoms with Gasteiger partial charge in [0.25, 0.3) is 6.02 Å². The Labute approximate surface area is 120 Å². The van der Waals surface area contributed by atoms with Crippen LogP contribution in [-0.2, 0) is 4.74 Å². The van der Waals surface area contributed by atoms with Gasteiger partial charge in [-0.1, -0.05) is 32.0 Å². The van der Waals surface area contributed by atoms with E-state index in [0.29, 0.717) is 23.4 Å².